The normalized spacial score (nSPS) is 16.6. The summed E-state index contributed by atoms with van der Waals surface area (Å²) >= 11 is 0. The van der Waals surface area contributed by atoms with Crippen LogP contribution in [0.4, 0.5) is 5.69 Å². The number of allylic oxidation sites excluding steroid dienone is 4. The maximum atomic E-state index is 13.3. The second kappa shape index (κ2) is 13.9. The molecular formula is C36H39N3O6. The Morgan fingerprint density at radius 3 is 1.96 bits per heavy atom. The van der Waals surface area contributed by atoms with E-state index < -0.39 is 22.5 Å². The van der Waals surface area contributed by atoms with E-state index in [0.717, 1.165) is 51.0 Å². The van der Waals surface area contributed by atoms with Crippen molar-refractivity contribution in [2.75, 3.05) is 33.4 Å². The number of likely N-dealkylation sites (tertiary alicyclic amines) is 1. The molecule has 1 saturated heterocycles. The Balaban J connectivity index is 1.26. The third-order valence-corrected chi connectivity index (χ3v) is 8.79. The molecule has 0 spiro atoms. The van der Waals surface area contributed by atoms with Gasteiger partial charge in [-0.15, -0.1) is 0 Å². The van der Waals surface area contributed by atoms with Crippen molar-refractivity contribution in [2.45, 2.75) is 44.4 Å². The van der Waals surface area contributed by atoms with Crippen molar-refractivity contribution >= 4 is 17.6 Å². The van der Waals surface area contributed by atoms with Crippen molar-refractivity contribution in [2.24, 2.45) is 0 Å². The van der Waals surface area contributed by atoms with Crippen LogP contribution in [0.3, 0.4) is 0 Å². The third kappa shape index (κ3) is 6.99. The maximum Gasteiger partial charge on any atom is 0.345 e. The number of benzene rings is 3. The molecule has 0 aromatic heterocycles. The van der Waals surface area contributed by atoms with Crippen LogP contribution < -0.4 is 5.32 Å². The van der Waals surface area contributed by atoms with Gasteiger partial charge in [-0.3, -0.25) is 10.1 Å². The topological polar surface area (TPSA) is 111 Å². The van der Waals surface area contributed by atoms with Crippen LogP contribution in [0.1, 0.15) is 76.4 Å². The Kier molecular flexibility index (Phi) is 9.78. The number of nitro groups is 1. The molecule has 0 saturated carbocycles. The zero-order chi connectivity index (χ0) is 32.0. The molecule has 9 nitrogen and oxygen atoms in total. The smallest absolute Gasteiger partial charge is 0.345 e. The number of esters is 2. The van der Waals surface area contributed by atoms with Crippen LogP contribution in [0.5, 0.6) is 0 Å². The number of hydrogen-bond acceptors (Lipinski definition) is 8. The number of dihydropyridines is 1. The van der Waals surface area contributed by atoms with Crippen molar-refractivity contribution in [1.29, 1.82) is 0 Å². The summed E-state index contributed by atoms with van der Waals surface area (Å²) in [6.45, 7) is 6.41. The molecule has 0 unspecified atom stereocenters. The Morgan fingerprint density at radius 1 is 0.911 bits per heavy atom. The summed E-state index contributed by atoms with van der Waals surface area (Å²) < 4.78 is 10.4. The average Bonchev–Trinajstić information content (AvgIpc) is 3.06. The maximum absolute atomic E-state index is 13.3. The van der Waals surface area contributed by atoms with Crippen LogP contribution >= 0.6 is 0 Å². The summed E-state index contributed by atoms with van der Waals surface area (Å²) in [5.41, 5.74) is 3.78. The summed E-state index contributed by atoms with van der Waals surface area (Å²) in [7, 11) is 1.15. The summed E-state index contributed by atoms with van der Waals surface area (Å²) in [6, 6.07) is 24.2. The lowest BCUT2D eigenvalue weighted by Gasteiger charge is -2.43. The standard InChI is InChI=1S/C36H39N3O6/c1-25-21-27(22-26(2)37-25)28-23-31(34(40)44-3)33(39(42)43)32(24-28)35(41)45-20-10-17-38-18-15-36(16-19-38,29-11-6-4-7-12-29)30-13-8-5-9-14-30/h4-9,11-14,21-24,27,37H,10,15-20H2,1-3H3. The number of nitrogens with zero attached hydrogens (tertiary/aromatic N) is 2. The molecule has 1 fully saturated rings. The number of carbonyl (C=O) groups is 2. The molecule has 0 aliphatic carbocycles. The first-order valence-corrected chi connectivity index (χ1v) is 15.3. The van der Waals surface area contributed by atoms with Gasteiger partial charge in [0.25, 0.3) is 5.69 Å². The Bertz CT molecular complexity index is 1550. The predicted molar refractivity (Wildman–Crippen MR) is 172 cm³/mol. The number of hydrogen-bond donors (Lipinski definition) is 1. The quantitative estimate of drug-likeness (QED) is 0.120. The zero-order valence-electron chi connectivity index (χ0n) is 26.0. The van der Waals surface area contributed by atoms with Crippen molar-refractivity contribution in [1.82, 2.24) is 10.2 Å². The minimum atomic E-state index is -0.889. The second-order valence-corrected chi connectivity index (χ2v) is 11.7. The number of rotatable bonds is 10. The van der Waals surface area contributed by atoms with Crippen LogP contribution in [0.25, 0.3) is 0 Å². The fourth-order valence-electron chi connectivity index (χ4n) is 6.59. The van der Waals surface area contributed by atoms with Crippen LogP contribution in [-0.2, 0) is 14.9 Å². The number of piperidine rings is 1. The van der Waals surface area contributed by atoms with Crippen LogP contribution in [0, 0.1) is 10.1 Å². The van der Waals surface area contributed by atoms with E-state index in [-0.39, 0.29) is 29.1 Å². The van der Waals surface area contributed by atoms with Gasteiger partial charge >= 0.3 is 11.9 Å². The van der Waals surface area contributed by atoms with Gasteiger partial charge in [0, 0.05) is 29.3 Å². The van der Waals surface area contributed by atoms with E-state index in [0.29, 0.717) is 12.0 Å². The molecule has 1 N–H and O–H groups in total. The molecule has 3 aromatic rings. The highest BCUT2D eigenvalue weighted by Crippen LogP contribution is 2.41. The highest BCUT2D eigenvalue weighted by Gasteiger charge is 2.37. The van der Waals surface area contributed by atoms with E-state index in [1.807, 2.05) is 38.1 Å². The lowest BCUT2D eigenvalue weighted by molar-refractivity contribution is -0.385. The first-order valence-electron chi connectivity index (χ1n) is 15.3. The van der Waals surface area contributed by atoms with Gasteiger partial charge in [-0.25, -0.2) is 9.59 Å². The molecule has 2 aliphatic rings. The summed E-state index contributed by atoms with van der Waals surface area (Å²) in [6.07, 6.45) is 6.36. The van der Waals surface area contributed by atoms with E-state index in [1.54, 1.807) is 0 Å². The molecule has 0 atom stereocenters. The van der Waals surface area contributed by atoms with Gasteiger partial charge in [0.2, 0.25) is 0 Å². The van der Waals surface area contributed by atoms with E-state index in [9.17, 15) is 19.7 Å². The lowest BCUT2D eigenvalue weighted by atomic mass is 9.68. The van der Waals surface area contributed by atoms with Gasteiger partial charge in [0.1, 0.15) is 11.1 Å². The van der Waals surface area contributed by atoms with Gasteiger partial charge in [-0.1, -0.05) is 72.8 Å². The number of ether oxygens (including phenoxy) is 2. The third-order valence-electron chi connectivity index (χ3n) is 8.79. The minimum absolute atomic E-state index is 0.0529. The van der Waals surface area contributed by atoms with Crippen molar-refractivity contribution in [3.8, 4) is 0 Å². The van der Waals surface area contributed by atoms with Crippen LogP contribution in [0.2, 0.25) is 0 Å². The average molecular weight is 610 g/mol. The summed E-state index contributed by atoms with van der Waals surface area (Å²) in [5, 5.41) is 15.3. The zero-order valence-corrected chi connectivity index (χ0v) is 26.0. The van der Waals surface area contributed by atoms with Crippen molar-refractivity contribution < 1.29 is 24.0 Å². The van der Waals surface area contributed by atoms with Crippen molar-refractivity contribution in [3.05, 3.63) is 134 Å². The highest BCUT2D eigenvalue weighted by atomic mass is 16.6. The van der Waals surface area contributed by atoms with E-state index in [4.69, 9.17) is 9.47 Å². The highest BCUT2D eigenvalue weighted by molar-refractivity contribution is 6.02. The molecule has 5 rings (SSSR count). The first kappa shape index (κ1) is 31.7. The van der Waals surface area contributed by atoms with Gasteiger partial charge in [0.05, 0.1) is 18.6 Å². The van der Waals surface area contributed by atoms with Crippen molar-refractivity contribution in [3.63, 3.8) is 0 Å². The van der Waals surface area contributed by atoms with Gasteiger partial charge in [-0.2, -0.15) is 0 Å². The number of carbonyl (C=O) groups excluding carboxylic acids is 2. The van der Waals surface area contributed by atoms with Crippen LogP contribution in [0.15, 0.2) is 96.3 Å². The summed E-state index contributed by atoms with van der Waals surface area (Å²) in [5.74, 6) is -2.02. The monoisotopic (exact) mass is 609 g/mol. The van der Waals surface area contributed by atoms with E-state index >= 15 is 0 Å². The largest absolute Gasteiger partial charge is 0.465 e. The molecular weight excluding hydrogens is 570 g/mol. The van der Waals surface area contributed by atoms with Gasteiger partial charge < -0.3 is 19.7 Å². The molecule has 2 heterocycles. The molecule has 9 heteroatoms. The molecule has 2 aliphatic heterocycles. The Labute approximate surface area is 263 Å². The molecule has 45 heavy (non-hydrogen) atoms. The number of methoxy groups -OCH3 is 1. The lowest BCUT2D eigenvalue weighted by Crippen LogP contribution is -2.43. The fraction of sp³-hybridized carbons (Fsp3) is 0.333. The predicted octanol–water partition coefficient (Wildman–Crippen LogP) is 6.50. The van der Waals surface area contributed by atoms with Gasteiger partial charge in [0.15, 0.2) is 0 Å². The molecule has 0 amide bonds. The Hall–Kier alpha value is -4.76. The van der Waals surface area contributed by atoms with Crippen LogP contribution in [-0.4, -0.2) is 55.1 Å². The second-order valence-electron chi connectivity index (χ2n) is 11.7. The minimum Gasteiger partial charge on any atom is -0.465 e. The van der Waals surface area contributed by atoms with Gasteiger partial charge in [-0.05, 0) is 75.0 Å². The van der Waals surface area contributed by atoms with E-state index in [1.165, 1.54) is 23.3 Å². The number of nitro benzene ring substituents is 1. The fourth-order valence-corrected chi connectivity index (χ4v) is 6.59. The summed E-state index contributed by atoms with van der Waals surface area (Å²) in [4.78, 5) is 39.7. The molecule has 234 valence electrons. The SMILES string of the molecule is COC(=O)c1cc(C2C=C(C)NC(C)=C2)cc(C(=O)OCCCN2CCC(c3ccccc3)(c3ccccc3)CC2)c1[N+](=O)[O-]. The first-order chi connectivity index (χ1) is 21.7. The Morgan fingerprint density at radius 2 is 1.44 bits per heavy atom. The molecule has 0 radical (unpaired) electrons. The molecule has 3 aromatic carbocycles. The number of nitrogens with one attached hydrogen (secondary N) is 1. The van der Waals surface area contributed by atoms with E-state index in [2.05, 4.69) is 58.7 Å². The molecule has 0 bridgehead atoms.